The number of ether oxygens (including phenoxy) is 1. The monoisotopic (exact) mass is 307 g/mol. The Kier molecular flexibility index (Phi) is 3.38. The zero-order valence-corrected chi connectivity index (χ0v) is 12.0. The normalized spacial score (nSPS) is 25.0. The van der Waals surface area contributed by atoms with E-state index in [1.165, 1.54) is 7.11 Å². The fourth-order valence-corrected chi connectivity index (χ4v) is 2.95. The van der Waals surface area contributed by atoms with Gasteiger partial charge >= 0.3 is 0 Å². The quantitative estimate of drug-likeness (QED) is 0.543. The van der Waals surface area contributed by atoms with Gasteiger partial charge < -0.3 is 20.7 Å². The van der Waals surface area contributed by atoms with Crippen LogP contribution in [0.1, 0.15) is 12.5 Å². The van der Waals surface area contributed by atoms with E-state index >= 15 is 0 Å². The number of aliphatic hydroxyl groups is 2. The Bertz CT molecular complexity index is 796. The number of hydrogen-bond donors (Lipinski definition) is 4. The molecule has 0 bridgehead atoms. The number of hydrogen-bond acceptors (Lipinski definition) is 7. The lowest BCUT2D eigenvalue weighted by molar-refractivity contribution is 0.101. The molecule has 1 fully saturated rings. The molecule has 0 aliphatic heterocycles. The highest BCUT2D eigenvalue weighted by molar-refractivity contribution is 5.73. The second-order valence-electron chi connectivity index (χ2n) is 5.27. The minimum Gasteiger partial charge on any atom is -0.468 e. The number of nitrogens with one attached hydrogen (secondary N) is 1. The highest BCUT2D eigenvalue weighted by Crippen LogP contribution is 2.41. The summed E-state index contributed by atoms with van der Waals surface area (Å²) < 4.78 is 6.81. The number of aliphatic hydroxyl groups excluding tert-OH is 2. The van der Waals surface area contributed by atoms with Crippen molar-refractivity contribution >= 4 is 17.1 Å². The van der Waals surface area contributed by atoms with E-state index in [0.717, 1.165) is 0 Å². The second-order valence-corrected chi connectivity index (χ2v) is 5.27. The maximum atomic E-state index is 11.9. The Morgan fingerprint density at radius 2 is 2.27 bits per heavy atom. The van der Waals surface area contributed by atoms with E-state index in [1.807, 2.05) is 0 Å². The van der Waals surface area contributed by atoms with E-state index in [2.05, 4.69) is 21.5 Å². The Labute approximate surface area is 125 Å². The topological polar surface area (TPSA) is 139 Å². The predicted octanol–water partition coefficient (Wildman–Crippen LogP) is -0.819. The summed E-state index contributed by atoms with van der Waals surface area (Å²) in [4.78, 5) is 22.6. The molecule has 5 N–H and O–H groups in total. The Morgan fingerprint density at radius 3 is 2.86 bits per heavy atom. The minimum atomic E-state index is -0.732. The first-order valence-electron chi connectivity index (χ1n) is 6.77. The average Bonchev–Trinajstić information content (AvgIpc) is 2.96. The molecule has 1 aliphatic carbocycles. The van der Waals surface area contributed by atoms with E-state index in [0.29, 0.717) is 12.0 Å². The molecule has 118 valence electrons. The first-order chi connectivity index (χ1) is 10.5. The molecule has 22 heavy (non-hydrogen) atoms. The number of nitrogens with two attached hydrogens (primary N) is 1. The van der Waals surface area contributed by atoms with Crippen LogP contribution in [0.5, 0.6) is 6.01 Å². The molecule has 9 heteroatoms. The maximum absolute atomic E-state index is 11.9. The van der Waals surface area contributed by atoms with Crippen LogP contribution in [-0.2, 0) is 0 Å². The number of fused-ring (bicyclic) bond motifs is 1. The lowest BCUT2D eigenvalue weighted by Gasteiger charge is -2.17. The first kappa shape index (κ1) is 14.5. The van der Waals surface area contributed by atoms with Gasteiger partial charge in [0.1, 0.15) is 0 Å². The van der Waals surface area contributed by atoms with E-state index in [4.69, 9.17) is 10.5 Å². The number of aromatic nitrogens is 4. The van der Waals surface area contributed by atoms with Gasteiger partial charge in [-0.25, -0.2) is 0 Å². The number of methoxy groups -OCH3 is 1. The molecule has 0 saturated heterocycles. The molecule has 2 heterocycles. The van der Waals surface area contributed by atoms with Gasteiger partial charge in [-0.3, -0.25) is 14.3 Å². The molecule has 3 atom stereocenters. The number of nitrogens with zero attached hydrogens (tertiary/aromatic N) is 3. The summed E-state index contributed by atoms with van der Waals surface area (Å²) in [6.07, 6.45) is -0.413. The van der Waals surface area contributed by atoms with Crippen LogP contribution in [0.25, 0.3) is 11.2 Å². The third-order valence-electron chi connectivity index (χ3n) is 4.06. The minimum absolute atomic E-state index is 0.0378. The van der Waals surface area contributed by atoms with Gasteiger partial charge in [0.05, 0.1) is 25.9 Å². The van der Waals surface area contributed by atoms with E-state index < -0.39 is 17.6 Å². The summed E-state index contributed by atoms with van der Waals surface area (Å²) in [5.74, 6) is -0.476. The third-order valence-corrected chi connectivity index (χ3v) is 4.06. The summed E-state index contributed by atoms with van der Waals surface area (Å²) in [5.41, 5.74) is 6.12. The van der Waals surface area contributed by atoms with Crippen LogP contribution in [0.15, 0.2) is 16.9 Å². The number of nitrogen functional groups attached to an aromatic ring is 1. The zero-order chi connectivity index (χ0) is 16.0. The molecule has 0 spiro atoms. The molecule has 1 unspecified atom stereocenters. The maximum Gasteiger partial charge on any atom is 0.299 e. The highest BCUT2D eigenvalue weighted by atomic mass is 16.5. The van der Waals surface area contributed by atoms with Crippen molar-refractivity contribution in [2.75, 3.05) is 19.5 Å². The van der Waals surface area contributed by atoms with Crippen molar-refractivity contribution in [3.8, 4) is 6.01 Å². The van der Waals surface area contributed by atoms with Crippen molar-refractivity contribution in [1.82, 2.24) is 19.5 Å². The van der Waals surface area contributed by atoms with Crippen LogP contribution < -0.4 is 16.0 Å². The van der Waals surface area contributed by atoms with Crippen LogP contribution in [0.2, 0.25) is 0 Å². The van der Waals surface area contributed by atoms with Gasteiger partial charge in [-0.05, 0) is 12.0 Å². The third kappa shape index (κ3) is 1.97. The van der Waals surface area contributed by atoms with Crippen molar-refractivity contribution in [3.63, 3.8) is 0 Å². The summed E-state index contributed by atoms with van der Waals surface area (Å²) >= 11 is 0. The van der Waals surface area contributed by atoms with Crippen LogP contribution in [0, 0.1) is 5.92 Å². The fraction of sp³-hybridized carbons (Fsp3) is 0.462. The van der Waals surface area contributed by atoms with Crippen molar-refractivity contribution in [1.29, 1.82) is 0 Å². The number of aromatic amines is 1. The van der Waals surface area contributed by atoms with Crippen LogP contribution in [0.4, 0.5) is 5.95 Å². The number of H-pyrrole nitrogens is 1. The number of imidazole rings is 1. The summed E-state index contributed by atoms with van der Waals surface area (Å²) in [5, 5.41) is 19.4. The van der Waals surface area contributed by atoms with Gasteiger partial charge in [-0.1, -0.05) is 6.58 Å². The van der Waals surface area contributed by atoms with E-state index in [1.54, 1.807) is 4.57 Å². The average molecular weight is 307 g/mol. The standard InChI is InChI=1S/C13H17N5O4/c1-5-6(4-19)8(20)3-7(5)18-10-9(15-13(18)22-2)11(21)17-12(14)16-10/h6-8,19-20H,1,3-4H2,2H3,(H3,14,16,17,21)/t6-,7?,8-/m0/s1. The predicted molar refractivity (Wildman–Crippen MR) is 78.5 cm³/mol. The lowest BCUT2D eigenvalue weighted by Crippen LogP contribution is -2.17. The number of rotatable bonds is 3. The molecule has 0 amide bonds. The molecule has 1 saturated carbocycles. The van der Waals surface area contributed by atoms with Gasteiger partial charge in [-0.15, -0.1) is 0 Å². The van der Waals surface area contributed by atoms with Gasteiger partial charge in [0.25, 0.3) is 11.6 Å². The highest BCUT2D eigenvalue weighted by Gasteiger charge is 2.39. The van der Waals surface area contributed by atoms with Crippen LogP contribution in [0.3, 0.4) is 0 Å². The van der Waals surface area contributed by atoms with Gasteiger partial charge in [-0.2, -0.15) is 9.97 Å². The van der Waals surface area contributed by atoms with Crippen molar-refractivity contribution < 1.29 is 14.9 Å². The van der Waals surface area contributed by atoms with Crippen LogP contribution >= 0.6 is 0 Å². The zero-order valence-electron chi connectivity index (χ0n) is 12.0. The summed E-state index contributed by atoms with van der Waals surface area (Å²) in [6.45, 7) is 3.75. The van der Waals surface area contributed by atoms with Gasteiger partial charge in [0.15, 0.2) is 11.2 Å². The first-order valence-corrected chi connectivity index (χ1v) is 6.77. The molecule has 2 aromatic rings. The summed E-state index contributed by atoms with van der Waals surface area (Å²) in [7, 11) is 1.42. The summed E-state index contributed by atoms with van der Waals surface area (Å²) in [6, 6.07) is -0.212. The Balaban J connectivity index is 2.22. The second kappa shape index (κ2) is 5.11. The van der Waals surface area contributed by atoms with Crippen molar-refractivity contribution in [2.45, 2.75) is 18.6 Å². The largest absolute Gasteiger partial charge is 0.468 e. The van der Waals surface area contributed by atoms with Gasteiger partial charge in [0, 0.05) is 5.92 Å². The molecular formula is C13H17N5O4. The van der Waals surface area contributed by atoms with E-state index in [-0.39, 0.29) is 35.8 Å². The van der Waals surface area contributed by atoms with Crippen molar-refractivity contribution in [2.24, 2.45) is 5.92 Å². The molecule has 0 radical (unpaired) electrons. The molecule has 1 aliphatic rings. The number of anilines is 1. The SMILES string of the molecule is C=C1C(n2c(OC)nc3c(=O)[nH]c(N)nc32)C[C@H](O)[C@H]1CO. The molecule has 0 aromatic carbocycles. The Hall–Kier alpha value is -2.39. The lowest BCUT2D eigenvalue weighted by atomic mass is 10.0. The van der Waals surface area contributed by atoms with Crippen LogP contribution in [-0.4, -0.2) is 49.6 Å². The molecule has 9 nitrogen and oxygen atoms in total. The molecule has 2 aromatic heterocycles. The molecule has 3 rings (SSSR count). The Morgan fingerprint density at radius 1 is 1.55 bits per heavy atom. The van der Waals surface area contributed by atoms with Crippen molar-refractivity contribution in [3.05, 3.63) is 22.5 Å². The van der Waals surface area contributed by atoms with E-state index in [9.17, 15) is 15.0 Å². The van der Waals surface area contributed by atoms with Gasteiger partial charge in [0.2, 0.25) is 5.95 Å². The fourth-order valence-electron chi connectivity index (χ4n) is 2.95. The molecular weight excluding hydrogens is 290 g/mol. The smallest absolute Gasteiger partial charge is 0.299 e.